The number of halogens is 2. The molecule has 0 unspecified atom stereocenters. The van der Waals surface area contributed by atoms with Crippen molar-refractivity contribution in [2.45, 2.75) is 81.3 Å². The molecule has 1 aromatic rings. The second-order valence-corrected chi connectivity index (χ2v) is 11.0. The highest BCUT2D eigenvalue weighted by molar-refractivity contribution is 6.45. The van der Waals surface area contributed by atoms with Gasteiger partial charge in [0.2, 0.25) is 0 Å². The van der Waals surface area contributed by atoms with Crippen LogP contribution in [0.15, 0.2) is 29.4 Å². The van der Waals surface area contributed by atoms with E-state index in [9.17, 15) is 19.8 Å². The standard InChI is InChI=1S/C25H28Cl2O5/c1-13-6-5-7-14(2)10-15-17(28)11-16-19(20(15)29)22(31)24(27)12-18(26)23(3,4)32-25(24,9-8-13)21(16)30/h7-8,11,18,28-29H,5-6,9-10,12H2,1-4H3/b13-8+,14-7+/t18-,24+,25+/m1/s1. The van der Waals surface area contributed by atoms with E-state index in [1.807, 2.05) is 26.0 Å². The first kappa shape index (κ1) is 23.3. The maximum Gasteiger partial charge on any atom is 0.198 e. The van der Waals surface area contributed by atoms with Crippen molar-refractivity contribution in [3.63, 3.8) is 0 Å². The second-order valence-electron chi connectivity index (χ2n) is 9.83. The van der Waals surface area contributed by atoms with Crippen LogP contribution in [0.4, 0.5) is 0 Å². The first-order valence-electron chi connectivity index (χ1n) is 10.9. The van der Waals surface area contributed by atoms with E-state index in [2.05, 4.69) is 0 Å². The predicted molar refractivity (Wildman–Crippen MR) is 124 cm³/mol. The normalized spacial score (nSPS) is 35.5. The molecule has 0 amide bonds. The van der Waals surface area contributed by atoms with E-state index in [1.165, 1.54) is 6.07 Å². The molecule has 3 atom stereocenters. The van der Waals surface area contributed by atoms with Gasteiger partial charge in [-0.3, -0.25) is 9.59 Å². The number of ether oxygens (including phenoxy) is 1. The van der Waals surface area contributed by atoms with Crippen LogP contribution in [0.5, 0.6) is 11.5 Å². The summed E-state index contributed by atoms with van der Waals surface area (Å²) in [5, 5.41) is 21.1. The van der Waals surface area contributed by atoms with Crippen LogP contribution in [0.1, 0.15) is 79.7 Å². The number of rotatable bonds is 0. The van der Waals surface area contributed by atoms with Gasteiger partial charge in [-0.1, -0.05) is 23.3 Å². The summed E-state index contributed by atoms with van der Waals surface area (Å²) in [5.74, 6) is -1.76. The van der Waals surface area contributed by atoms with Crippen molar-refractivity contribution < 1.29 is 24.5 Å². The third-order valence-corrected chi connectivity index (χ3v) is 8.41. The van der Waals surface area contributed by atoms with Crippen LogP contribution in [-0.2, 0) is 11.2 Å². The molecule has 0 saturated carbocycles. The molecule has 5 aliphatic rings. The van der Waals surface area contributed by atoms with Gasteiger partial charge < -0.3 is 14.9 Å². The molecule has 1 saturated heterocycles. The molecule has 7 heteroatoms. The highest BCUT2D eigenvalue weighted by Gasteiger charge is 2.70. The Bertz CT molecular complexity index is 1090. The van der Waals surface area contributed by atoms with E-state index >= 15 is 0 Å². The maximum absolute atomic E-state index is 14.0. The molecule has 2 N–H and O–H groups in total. The van der Waals surface area contributed by atoms with Gasteiger partial charge in [0.05, 0.1) is 16.5 Å². The average Bonchev–Trinajstić information content (AvgIpc) is 2.70. The molecule has 32 heavy (non-hydrogen) atoms. The Morgan fingerprint density at radius 3 is 2.47 bits per heavy atom. The van der Waals surface area contributed by atoms with Gasteiger partial charge in [0.25, 0.3) is 0 Å². The fourth-order valence-electron chi connectivity index (χ4n) is 5.06. The van der Waals surface area contributed by atoms with Crippen LogP contribution in [-0.4, -0.2) is 43.2 Å². The van der Waals surface area contributed by atoms with Gasteiger partial charge in [0.15, 0.2) is 17.2 Å². The number of carbonyl (C=O) groups is 2. The number of hydrogen-bond donors (Lipinski definition) is 2. The molecule has 0 aromatic heterocycles. The number of aromatic hydroxyl groups is 2. The zero-order valence-electron chi connectivity index (χ0n) is 18.7. The van der Waals surface area contributed by atoms with E-state index in [0.29, 0.717) is 0 Å². The van der Waals surface area contributed by atoms with Crippen molar-refractivity contribution in [2.75, 3.05) is 0 Å². The Balaban J connectivity index is 2.06. The zero-order valence-corrected chi connectivity index (χ0v) is 20.2. The summed E-state index contributed by atoms with van der Waals surface area (Å²) in [4.78, 5) is 26.1. The molecule has 4 bridgehead atoms. The molecule has 5 nitrogen and oxygen atoms in total. The van der Waals surface area contributed by atoms with Crippen molar-refractivity contribution in [2.24, 2.45) is 0 Å². The first-order chi connectivity index (χ1) is 14.8. The lowest BCUT2D eigenvalue weighted by atomic mass is 9.63. The van der Waals surface area contributed by atoms with E-state index in [-0.39, 0.29) is 41.7 Å². The van der Waals surface area contributed by atoms with Crippen LogP contribution < -0.4 is 0 Å². The maximum atomic E-state index is 14.0. The monoisotopic (exact) mass is 478 g/mol. The summed E-state index contributed by atoms with van der Waals surface area (Å²) in [7, 11) is 0. The Hall–Kier alpha value is -1.82. The number of allylic oxidation sites excluding steroid dienone is 3. The average molecular weight is 479 g/mol. The third-order valence-electron chi connectivity index (χ3n) is 7.10. The zero-order chi connectivity index (χ0) is 23.6. The van der Waals surface area contributed by atoms with Gasteiger partial charge >= 0.3 is 0 Å². The van der Waals surface area contributed by atoms with E-state index in [4.69, 9.17) is 27.9 Å². The summed E-state index contributed by atoms with van der Waals surface area (Å²) in [5.41, 5.74) is -0.664. The van der Waals surface area contributed by atoms with Crippen molar-refractivity contribution >= 4 is 34.8 Å². The predicted octanol–water partition coefficient (Wildman–Crippen LogP) is 5.62. The Kier molecular flexibility index (Phi) is 5.55. The lowest BCUT2D eigenvalue weighted by molar-refractivity contribution is -0.157. The van der Waals surface area contributed by atoms with Crippen LogP contribution >= 0.6 is 23.2 Å². The Morgan fingerprint density at radius 1 is 1.09 bits per heavy atom. The SMILES string of the molecule is C/C1=C\C[C@@]23OC(C)(C)[C@H](Cl)C[C@]2(Cl)C(=O)c2c(cc(O)c(c2O)C/C(C)=C/CC1)C3=O. The molecule has 1 fully saturated rings. The number of fused-ring (bicyclic) bond motifs is 1. The molecule has 1 spiro atoms. The fraction of sp³-hybridized carbons (Fsp3) is 0.520. The van der Waals surface area contributed by atoms with Gasteiger partial charge in [-0.2, -0.15) is 0 Å². The number of ketones is 2. The lowest BCUT2D eigenvalue weighted by Crippen LogP contribution is -2.72. The number of phenolic OH excluding ortho intramolecular Hbond substituents is 2. The second kappa shape index (κ2) is 7.61. The molecule has 1 aromatic carbocycles. The van der Waals surface area contributed by atoms with Gasteiger partial charge in [-0.15, -0.1) is 23.2 Å². The highest BCUT2D eigenvalue weighted by atomic mass is 35.5. The molecule has 1 aliphatic heterocycles. The van der Waals surface area contributed by atoms with E-state index < -0.39 is 38.8 Å². The third kappa shape index (κ3) is 3.24. The van der Waals surface area contributed by atoms with E-state index in [1.54, 1.807) is 13.8 Å². The topological polar surface area (TPSA) is 83.8 Å². The number of Topliss-reactive ketones (excluding diaryl/α,β-unsaturated/α-hetero) is 2. The quantitative estimate of drug-likeness (QED) is 0.373. The molecular weight excluding hydrogens is 451 g/mol. The summed E-state index contributed by atoms with van der Waals surface area (Å²) >= 11 is 13.6. The number of carbonyl (C=O) groups excluding carboxylic acids is 2. The molecular formula is C25H28Cl2O5. The minimum Gasteiger partial charge on any atom is -0.507 e. The van der Waals surface area contributed by atoms with Crippen molar-refractivity contribution in [3.8, 4) is 11.5 Å². The van der Waals surface area contributed by atoms with Crippen LogP contribution in [0, 0.1) is 0 Å². The molecule has 0 radical (unpaired) electrons. The summed E-state index contributed by atoms with van der Waals surface area (Å²) in [6.07, 6.45) is 5.82. The minimum atomic E-state index is -1.78. The summed E-state index contributed by atoms with van der Waals surface area (Å²) in [6, 6.07) is 1.27. The van der Waals surface area contributed by atoms with Gasteiger partial charge in [0, 0.05) is 24.0 Å². The number of phenols is 2. The van der Waals surface area contributed by atoms with Gasteiger partial charge in [0.1, 0.15) is 16.4 Å². The number of alkyl halides is 2. The molecule has 4 aliphatic carbocycles. The smallest absolute Gasteiger partial charge is 0.198 e. The summed E-state index contributed by atoms with van der Waals surface area (Å²) in [6.45, 7) is 7.43. The fourth-order valence-corrected chi connectivity index (χ4v) is 5.87. The van der Waals surface area contributed by atoms with Crippen LogP contribution in [0.2, 0.25) is 0 Å². The van der Waals surface area contributed by atoms with E-state index in [0.717, 1.165) is 24.0 Å². The molecule has 6 rings (SSSR count). The molecule has 172 valence electrons. The van der Waals surface area contributed by atoms with Crippen molar-refractivity contribution in [3.05, 3.63) is 46.1 Å². The largest absolute Gasteiger partial charge is 0.507 e. The summed E-state index contributed by atoms with van der Waals surface area (Å²) < 4.78 is 6.36. The van der Waals surface area contributed by atoms with Gasteiger partial charge in [-0.25, -0.2) is 0 Å². The molecule has 1 heterocycles. The van der Waals surface area contributed by atoms with Crippen molar-refractivity contribution in [1.29, 1.82) is 0 Å². The lowest BCUT2D eigenvalue weighted by Gasteiger charge is -2.56. The Morgan fingerprint density at radius 2 is 1.78 bits per heavy atom. The number of hydrogen-bond acceptors (Lipinski definition) is 5. The Labute approximate surface area is 198 Å². The van der Waals surface area contributed by atoms with Crippen LogP contribution in [0.3, 0.4) is 0 Å². The minimum absolute atomic E-state index is 0.00852. The number of benzene rings is 1. The first-order valence-corrected chi connectivity index (χ1v) is 11.7. The van der Waals surface area contributed by atoms with Gasteiger partial charge in [-0.05, 0) is 53.0 Å². The highest BCUT2D eigenvalue weighted by Crippen LogP contribution is 2.57. The van der Waals surface area contributed by atoms with Crippen molar-refractivity contribution in [1.82, 2.24) is 0 Å². The van der Waals surface area contributed by atoms with Crippen LogP contribution in [0.25, 0.3) is 0 Å².